The Labute approximate surface area is 148 Å². The van der Waals surface area contributed by atoms with Gasteiger partial charge < -0.3 is 20.1 Å². The molecule has 1 aromatic rings. The van der Waals surface area contributed by atoms with Gasteiger partial charge in [0, 0.05) is 6.16 Å². The van der Waals surface area contributed by atoms with E-state index in [-0.39, 0.29) is 13.0 Å². The van der Waals surface area contributed by atoms with Crippen molar-refractivity contribution < 1.29 is 28.5 Å². The van der Waals surface area contributed by atoms with E-state index >= 15 is 0 Å². The number of esters is 2. The molecule has 0 spiro atoms. The van der Waals surface area contributed by atoms with Crippen LogP contribution in [0.1, 0.15) is 32.3 Å². The Hall–Kier alpha value is -1.69. The Morgan fingerprint density at radius 3 is 2.36 bits per heavy atom. The Morgan fingerprint density at radius 2 is 1.88 bits per heavy atom. The van der Waals surface area contributed by atoms with Gasteiger partial charge in [0.2, 0.25) is 7.37 Å². The number of nitrogens with two attached hydrogens (primary N) is 1. The molecule has 1 aromatic carbocycles. The predicted octanol–water partition coefficient (Wildman–Crippen LogP) is 2.26. The summed E-state index contributed by atoms with van der Waals surface area (Å²) in [5.41, 5.74) is 6.73. The molecule has 0 heterocycles. The fraction of sp³-hybridized carbons (Fsp3) is 0.529. The van der Waals surface area contributed by atoms with Crippen molar-refractivity contribution in [2.24, 2.45) is 11.7 Å². The third-order valence-corrected chi connectivity index (χ3v) is 6.91. The molecule has 3 N–H and O–H groups in total. The highest BCUT2D eigenvalue weighted by Crippen LogP contribution is 2.55. The van der Waals surface area contributed by atoms with E-state index in [0.717, 1.165) is 5.56 Å². The minimum atomic E-state index is -4.23. The van der Waals surface area contributed by atoms with Gasteiger partial charge in [-0.2, -0.15) is 0 Å². The molecule has 8 heteroatoms. The smallest absolute Gasteiger partial charge is 0.336 e. The largest absolute Gasteiger partial charge is 0.469 e. The maximum atomic E-state index is 12.8. The van der Waals surface area contributed by atoms with Crippen LogP contribution < -0.4 is 5.73 Å². The average molecular weight is 371 g/mol. The molecule has 0 saturated carbocycles. The average Bonchev–Trinajstić information content (AvgIpc) is 2.63. The molecule has 140 valence electrons. The lowest BCUT2D eigenvalue weighted by molar-refractivity contribution is -0.149. The Morgan fingerprint density at radius 1 is 1.28 bits per heavy atom. The van der Waals surface area contributed by atoms with Gasteiger partial charge in [-0.25, -0.2) is 4.79 Å². The Kier molecular flexibility index (Phi) is 7.80. The lowest BCUT2D eigenvalue weighted by atomic mass is 10.1. The molecular formula is C17H26NO6P. The number of carbonyl (C=O) groups is 2. The van der Waals surface area contributed by atoms with E-state index in [2.05, 4.69) is 4.74 Å². The van der Waals surface area contributed by atoms with Crippen LogP contribution in [-0.2, 0) is 30.2 Å². The van der Waals surface area contributed by atoms with Crippen molar-refractivity contribution in [3.8, 4) is 0 Å². The highest BCUT2D eigenvalue weighted by Gasteiger charge is 2.51. The Bertz CT molecular complexity index is 635. The summed E-state index contributed by atoms with van der Waals surface area (Å²) in [5.74, 6) is -2.37. The lowest BCUT2D eigenvalue weighted by Crippen LogP contribution is -2.49. The maximum absolute atomic E-state index is 12.8. The first kappa shape index (κ1) is 21.4. The highest BCUT2D eigenvalue weighted by atomic mass is 31.2. The van der Waals surface area contributed by atoms with Crippen LogP contribution in [0.3, 0.4) is 0 Å². The summed E-state index contributed by atoms with van der Waals surface area (Å²) < 4.78 is 22.6. The predicted molar refractivity (Wildman–Crippen MR) is 93.9 cm³/mol. The van der Waals surface area contributed by atoms with Gasteiger partial charge in [0.15, 0.2) is 5.28 Å². The second-order valence-electron chi connectivity index (χ2n) is 5.85. The number of hydrogen-bond donors (Lipinski definition) is 2. The summed E-state index contributed by atoms with van der Waals surface area (Å²) in [6, 6.07) is 8.93. The van der Waals surface area contributed by atoms with Crippen molar-refractivity contribution in [1.82, 2.24) is 0 Å². The zero-order chi connectivity index (χ0) is 19.1. The van der Waals surface area contributed by atoms with Crippen LogP contribution in [0.5, 0.6) is 0 Å². The Balaban J connectivity index is 2.91. The van der Waals surface area contributed by atoms with Gasteiger partial charge in [-0.15, -0.1) is 0 Å². The molecule has 3 unspecified atom stereocenters. The molecule has 0 aliphatic heterocycles. The fourth-order valence-electron chi connectivity index (χ4n) is 2.38. The number of rotatable bonds is 9. The van der Waals surface area contributed by atoms with Crippen LogP contribution in [0, 0.1) is 5.92 Å². The molecule has 0 aliphatic rings. The van der Waals surface area contributed by atoms with Crippen LogP contribution in [-0.4, -0.2) is 35.4 Å². The van der Waals surface area contributed by atoms with Gasteiger partial charge in [0.25, 0.3) is 0 Å². The van der Waals surface area contributed by atoms with Gasteiger partial charge in [-0.3, -0.25) is 9.36 Å². The second-order valence-corrected chi connectivity index (χ2v) is 8.42. The van der Waals surface area contributed by atoms with E-state index in [1.54, 1.807) is 31.2 Å². The molecule has 0 aliphatic carbocycles. The number of hydrogen-bond acceptors (Lipinski definition) is 6. The van der Waals surface area contributed by atoms with Gasteiger partial charge in [0.1, 0.15) is 6.61 Å². The first-order valence-corrected chi connectivity index (χ1v) is 9.96. The number of ether oxygens (including phenoxy) is 2. The molecule has 0 amide bonds. The molecular weight excluding hydrogens is 345 g/mol. The standard InChI is InChI=1S/C17H26NO6P/c1-4-14(15(19)23-3)12-25(21,22)17(18,5-2)16(20)24-11-13-9-7-6-8-10-13/h6-10,14H,4-5,11-12,18H2,1-3H3,(H,21,22). The summed E-state index contributed by atoms with van der Waals surface area (Å²) in [5, 5.41) is -2.07. The van der Waals surface area contributed by atoms with Crippen molar-refractivity contribution in [2.45, 2.75) is 38.6 Å². The van der Waals surface area contributed by atoms with Crippen molar-refractivity contribution in [2.75, 3.05) is 13.3 Å². The number of benzene rings is 1. The second kappa shape index (κ2) is 9.13. The quantitative estimate of drug-likeness (QED) is 0.505. The third-order valence-electron chi connectivity index (χ3n) is 4.22. The van der Waals surface area contributed by atoms with E-state index in [9.17, 15) is 19.0 Å². The van der Waals surface area contributed by atoms with Gasteiger partial charge >= 0.3 is 11.9 Å². The van der Waals surface area contributed by atoms with E-state index in [0.29, 0.717) is 6.42 Å². The first-order chi connectivity index (χ1) is 11.7. The highest BCUT2D eigenvalue weighted by molar-refractivity contribution is 7.60. The SMILES string of the molecule is CCC(CP(=O)(O)C(N)(CC)C(=O)OCc1ccccc1)C(=O)OC. The van der Waals surface area contributed by atoms with E-state index in [4.69, 9.17) is 10.5 Å². The van der Waals surface area contributed by atoms with Crippen molar-refractivity contribution >= 4 is 19.3 Å². The number of methoxy groups -OCH3 is 1. The summed E-state index contributed by atoms with van der Waals surface area (Å²) in [6.45, 7) is 3.18. The molecule has 0 radical (unpaired) electrons. The summed E-state index contributed by atoms with van der Waals surface area (Å²) in [7, 11) is -3.02. The van der Waals surface area contributed by atoms with Crippen LogP contribution in [0.25, 0.3) is 0 Å². The minimum Gasteiger partial charge on any atom is -0.469 e. The fourth-order valence-corrected chi connectivity index (χ4v) is 4.56. The monoisotopic (exact) mass is 371 g/mol. The molecule has 3 atom stereocenters. The molecule has 1 rings (SSSR count). The van der Waals surface area contributed by atoms with Crippen molar-refractivity contribution in [1.29, 1.82) is 0 Å². The van der Waals surface area contributed by atoms with Crippen molar-refractivity contribution in [3.63, 3.8) is 0 Å². The van der Waals surface area contributed by atoms with Gasteiger partial charge in [-0.05, 0) is 18.4 Å². The van der Waals surface area contributed by atoms with E-state index in [1.165, 1.54) is 14.0 Å². The molecule has 0 bridgehead atoms. The molecule has 0 saturated heterocycles. The third kappa shape index (κ3) is 5.14. The molecule has 7 nitrogen and oxygen atoms in total. The summed E-state index contributed by atoms with van der Waals surface area (Å²) in [6.07, 6.45) is -0.219. The molecule has 0 aromatic heterocycles. The molecule has 0 fully saturated rings. The van der Waals surface area contributed by atoms with E-state index < -0.39 is 36.7 Å². The minimum absolute atomic E-state index is 0.0488. The maximum Gasteiger partial charge on any atom is 0.336 e. The zero-order valence-electron chi connectivity index (χ0n) is 14.8. The number of carbonyl (C=O) groups excluding carboxylic acids is 2. The van der Waals surface area contributed by atoms with Crippen LogP contribution in [0.4, 0.5) is 0 Å². The van der Waals surface area contributed by atoms with E-state index in [1.807, 2.05) is 6.07 Å². The topological polar surface area (TPSA) is 116 Å². The summed E-state index contributed by atoms with van der Waals surface area (Å²) >= 11 is 0. The van der Waals surface area contributed by atoms with Crippen LogP contribution in [0.15, 0.2) is 30.3 Å². The zero-order valence-corrected chi connectivity index (χ0v) is 15.7. The van der Waals surface area contributed by atoms with Gasteiger partial charge in [0.05, 0.1) is 13.0 Å². The van der Waals surface area contributed by atoms with Crippen LogP contribution >= 0.6 is 7.37 Å². The van der Waals surface area contributed by atoms with Crippen LogP contribution in [0.2, 0.25) is 0 Å². The normalized spacial score (nSPS) is 17.0. The molecule has 25 heavy (non-hydrogen) atoms. The lowest BCUT2D eigenvalue weighted by Gasteiger charge is -2.32. The summed E-state index contributed by atoms with van der Waals surface area (Å²) in [4.78, 5) is 34.6. The first-order valence-electron chi connectivity index (χ1n) is 8.11. The van der Waals surface area contributed by atoms with Gasteiger partial charge in [-0.1, -0.05) is 44.2 Å². The van der Waals surface area contributed by atoms with Crippen molar-refractivity contribution in [3.05, 3.63) is 35.9 Å².